The Kier molecular flexibility index (Phi) is 3.07. The lowest BCUT2D eigenvalue weighted by Crippen LogP contribution is -2.08. The predicted octanol–water partition coefficient (Wildman–Crippen LogP) is 4.22. The van der Waals surface area contributed by atoms with Crippen molar-refractivity contribution < 1.29 is 0 Å². The normalized spacial score (nSPS) is 10.0. The molecule has 0 saturated heterocycles. The molecule has 0 fully saturated rings. The van der Waals surface area contributed by atoms with Crippen molar-refractivity contribution in [3.8, 4) is 0 Å². The second-order valence-corrected chi connectivity index (χ2v) is 4.29. The van der Waals surface area contributed by atoms with E-state index >= 15 is 0 Å². The largest absolute Gasteiger partial charge is 0.345 e. The van der Waals surface area contributed by atoms with Crippen molar-refractivity contribution >= 4 is 27.3 Å². The molecule has 1 nitrogen and oxygen atoms in total. The first-order chi connectivity index (χ1) is 7.27. The van der Waals surface area contributed by atoms with Gasteiger partial charge >= 0.3 is 0 Å². The Balaban J connectivity index is 2.32. The molecule has 0 spiro atoms. The summed E-state index contributed by atoms with van der Waals surface area (Å²) in [4.78, 5) is 2.16. The summed E-state index contributed by atoms with van der Waals surface area (Å²) in [5.74, 6) is 0. The average molecular weight is 262 g/mol. The third-order valence-corrected chi connectivity index (χ3v) is 2.83. The zero-order valence-corrected chi connectivity index (χ0v) is 10.1. The number of halogens is 1. The molecule has 0 radical (unpaired) electrons. The molecule has 0 amide bonds. The molecule has 2 heteroatoms. The summed E-state index contributed by atoms with van der Waals surface area (Å²) in [5, 5.41) is 0. The van der Waals surface area contributed by atoms with Gasteiger partial charge in [-0.1, -0.05) is 40.2 Å². The summed E-state index contributed by atoms with van der Waals surface area (Å²) in [7, 11) is 2.07. The van der Waals surface area contributed by atoms with Crippen molar-refractivity contribution in [1.82, 2.24) is 0 Å². The molecular weight excluding hydrogens is 250 g/mol. The van der Waals surface area contributed by atoms with E-state index in [1.165, 1.54) is 11.4 Å². The van der Waals surface area contributed by atoms with Gasteiger partial charge in [-0.05, 0) is 30.3 Å². The van der Waals surface area contributed by atoms with Crippen molar-refractivity contribution in [2.45, 2.75) is 0 Å². The minimum absolute atomic E-state index is 1.10. The lowest BCUT2D eigenvalue weighted by molar-refractivity contribution is 1.21. The van der Waals surface area contributed by atoms with Gasteiger partial charge in [0.1, 0.15) is 0 Å². The first kappa shape index (κ1) is 10.2. The zero-order valence-electron chi connectivity index (χ0n) is 8.52. The zero-order chi connectivity index (χ0) is 10.7. The van der Waals surface area contributed by atoms with Gasteiger partial charge in [0.15, 0.2) is 0 Å². The van der Waals surface area contributed by atoms with Gasteiger partial charge in [-0.2, -0.15) is 0 Å². The maximum atomic E-state index is 3.48. The summed E-state index contributed by atoms with van der Waals surface area (Å²) in [6, 6.07) is 18.6. The quantitative estimate of drug-likeness (QED) is 0.783. The molecule has 0 N–H and O–H groups in total. The van der Waals surface area contributed by atoms with Crippen LogP contribution in [0.1, 0.15) is 0 Å². The van der Waals surface area contributed by atoms with Crippen LogP contribution in [0.5, 0.6) is 0 Å². The minimum Gasteiger partial charge on any atom is -0.345 e. The Labute approximate surface area is 98.5 Å². The van der Waals surface area contributed by atoms with Crippen molar-refractivity contribution in [3.05, 3.63) is 59.1 Å². The Morgan fingerprint density at radius 3 is 2.20 bits per heavy atom. The fraction of sp³-hybridized carbons (Fsp3) is 0.0769. The fourth-order valence-electron chi connectivity index (χ4n) is 1.49. The fourth-order valence-corrected chi connectivity index (χ4v) is 1.87. The highest BCUT2D eigenvalue weighted by Crippen LogP contribution is 2.25. The SMILES string of the molecule is CN(c1ccccc1)c1cccc(Br)c1. The van der Waals surface area contributed by atoms with Crippen molar-refractivity contribution in [2.75, 3.05) is 11.9 Å². The highest BCUT2D eigenvalue weighted by molar-refractivity contribution is 9.10. The molecule has 0 unspecified atom stereocenters. The second kappa shape index (κ2) is 4.49. The second-order valence-electron chi connectivity index (χ2n) is 3.37. The van der Waals surface area contributed by atoms with Crippen molar-refractivity contribution in [1.29, 1.82) is 0 Å². The predicted molar refractivity (Wildman–Crippen MR) is 68.6 cm³/mol. The van der Waals surface area contributed by atoms with Crippen LogP contribution in [0, 0.1) is 0 Å². The first-order valence-electron chi connectivity index (χ1n) is 4.82. The van der Waals surface area contributed by atoms with Gasteiger partial charge in [-0.25, -0.2) is 0 Å². The van der Waals surface area contributed by atoms with E-state index in [1.54, 1.807) is 0 Å². The Hall–Kier alpha value is -1.28. The molecule has 0 bridgehead atoms. The van der Waals surface area contributed by atoms with Crippen LogP contribution in [0.2, 0.25) is 0 Å². The van der Waals surface area contributed by atoms with Crippen LogP contribution in [-0.2, 0) is 0 Å². The number of anilines is 2. The van der Waals surface area contributed by atoms with E-state index in [1.807, 2.05) is 30.3 Å². The van der Waals surface area contributed by atoms with Gasteiger partial charge in [0.25, 0.3) is 0 Å². The van der Waals surface area contributed by atoms with E-state index in [9.17, 15) is 0 Å². The number of rotatable bonds is 2. The van der Waals surface area contributed by atoms with E-state index < -0.39 is 0 Å². The van der Waals surface area contributed by atoms with Crippen LogP contribution >= 0.6 is 15.9 Å². The molecule has 0 aliphatic heterocycles. The number of benzene rings is 2. The summed E-state index contributed by atoms with van der Waals surface area (Å²) >= 11 is 3.48. The van der Waals surface area contributed by atoms with Crippen LogP contribution < -0.4 is 4.90 Å². The molecule has 2 aromatic carbocycles. The number of hydrogen-bond donors (Lipinski definition) is 0. The molecule has 0 aromatic heterocycles. The number of hydrogen-bond acceptors (Lipinski definition) is 1. The smallest absolute Gasteiger partial charge is 0.0419 e. The highest BCUT2D eigenvalue weighted by Gasteiger charge is 2.02. The maximum Gasteiger partial charge on any atom is 0.0419 e. The molecule has 0 atom stereocenters. The van der Waals surface area contributed by atoms with Crippen LogP contribution in [-0.4, -0.2) is 7.05 Å². The lowest BCUT2D eigenvalue weighted by Gasteiger charge is -2.19. The summed E-state index contributed by atoms with van der Waals surface area (Å²) in [5.41, 5.74) is 2.37. The molecule has 2 aromatic rings. The molecule has 15 heavy (non-hydrogen) atoms. The van der Waals surface area contributed by atoms with Crippen LogP contribution in [0.15, 0.2) is 59.1 Å². The topological polar surface area (TPSA) is 3.24 Å². The standard InChI is InChI=1S/C13H12BrN/c1-15(12-7-3-2-4-8-12)13-9-5-6-11(14)10-13/h2-10H,1H3. The molecule has 0 aliphatic carbocycles. The molecular formula is C13H12BrN. The summed E-state index contributed by atoms with van der Waals surface area (Å²) in [6.07, 6.45) is 0. The number of para-hydroxylation sites is 1. The maximum absolute atomic E-state index is 3.48. The Bertz CT molecular complexity index is 439. The van der Waals surface area contributed by atoms with Crippen molar-refractivity contribution in [3.63, 3.8) is 0 Å². The van der Waals surface area contributed by atoms with Crippen LogP contribution in [0.25, 0.3) is 0 Å². The number of nitrogens with zero attached hydrogens (tertiary/aromatic N) is 1. The van der Waals surface area contributed by atoms with E-state index in [2.05, 4.69) is 52.1 Å². The monoisotopic (exact) mass is 261 g/mol. The average Bonchev–Trinajstić information content (AvgIpc) is 2.29. The van der Waals surface area contributed by atoms with Gasteiger partial charge in [0.05, 0.1) is 0 Å². The van der Waals surface area contributed by atoms with Crippen LogP contribution in [0.4, 0.5) is 11.4 Å². The van der Waals surface area contributed by atoms with Gasteiger partial charge in [0, 0.05) is 22.9 Å². The van der Waals surface area contributed by atoms with E-state index in [4.69, 9.17) is 0 Å². The van der Waals surface area contributed by atoms with E-state index in [0.717, 1.165) is 4.47 Å². The van der Waals surface area contributed by atoms with Gasteiger partial charge in [-0.15, -0.1) is 0 Å². The van der Waals surface area contributed by atoms with Crippen molar-refractivity contribution in [2.24, 2.45) is 0 Å². The van der Waals surface area contributed by atoms with E-state index in [0.29, 0.717) is 0 Å². The third-order valence-electron chi connectivity index (χ3n) is 2.34. The minimum atomic E-state index is 1.10. The summed E-state index contributed by atoms with van der Waals surface area (Å²) < 4.78 is 1.10. The van der Waals surface area contributed by atoms with Gasteiger partial charge in [-0.3, -0.25) is 0 Å². The highest BCUT2D eigenvalue weighted by atomic mass is 79.9. The summed E-state index contributed by atoms with van der Waals surface area (Å²) in [6.45, 7) is 0. The first-order valence-corrected chi connectivity index (χ1v) is 5.61. The Morgan fingerprint density at radius 1 is 0.867 bits per heavy atom. The molecule has 76 valence electrons. The van der Waals surface area contributed by atoms with E-state index in [-0.39, 0.29) is 0 Å². The van der Waals surface area contributed by atoms with Gasteiger partial charge < -0.3 is 4.90 Å². The molecule has 2 rings (SSSR count). The van der Waals surface area contributed by atoms with Crippen LogP contribution in [0.3, 0.4) is 0 Å². The molecule has 0 heterocycles. The third kappa shape index (κ3) is 2.39. The Morgan fingerprint density at radius 2 is 1.53 bits per heavy atom. The molecule has 0 aliphatic rings. The van der Waals surface area contributed by atoms with Gasteiger partial charge in [0.2, 0.25) is 0 Å². The molecule has 0 saturated carbocycles. The lowest BCUT2D eigenvalue weighted by atomic mass is 10.2.